The Labute approximate surface area is 193 Å². The summed E-state index contributed by atoms with van der Waals surface area (Å²) < 4.78 is 7.60. The Bertz CT molecular complexity index is 1300. The van der Waals surface area contributed by atoms with Gasteiger partial charge in [0, 0.05) is 31.6 Å². The minimum absolute atomic E-state index is 0.745. The van der Waals surface area contributed by atoms with Crippen molar-refractivity contribution in [1.82, 2.24) is 19.6 Å². The van der Waals surface area contributed by atoms with Crippen LogP contribution in [0.4, 0.5) is 11.5 Å². The first-order valence-electron chi connectivity index (χ1n) is 11.9. The van der Waals surface area contributed by atoms with Crippen LogP contribution in [0.25, 0.3) is 28.7 Å². The Hall–Kier alpha value is -3.45. The van der Waals surface area contributed by atoms with Crippen molar-refractivity contribution in [3.63, 3.8) is 0 Å². The second-order valence-corrected chi connectivity index (χ2v) is 8.68. The van der Waals surface area contributed by atoms with Crippen molar-refractivity contribution in [2.24, 2.45) is 0 Å². The third-order valence-electron chi connectivity index (χ3n) is 6.54. The van der Waals surface area contributed by atoms with Crippen LogP contribution in [0.2, 0.25) is 0 Å². The normalized spacial score (nSPS) is 17.5. The number of piperidine rings is 1. The van der Waals surface area contributed by atoms with E-state index in [9.17, 15) is 0 Å². The molecule has 0 unspecified atom stereocenters. The average Bonchev–Trinajstić information content (AvgIpc) is 3.27. The van der Waals surface area contributed by atoms with Gasteiger partial charge in [-0.2, -0.15) is 9.61 Å². The van der Waals surface area contributed by atoms with Crippen molar-refractivity contribution >= 4 is 40.2 Å². The van der Waals surface area contributed by atoms with Crippen LogP contribution in [0.5, 0.6) is 0 Å². The second kappa shape index (κ2) is 8.83. The lowest BCUT2D eigenvalue weighted by molar-refractivity contribution is 0.123. The van der Waals surface area contributed by atoms with Gasteiger partial charge in [-0.25, -0.2) is 9.97 Å². The summed E-state index contributed by atoms with van der Waals surface area (Å²) in [5.41, 5.74) is 4.90. The third-order valence-corrected chi connectivity index (χ3v) is 6.54. The van der Waals surface area contributed by atoms with Crippen LogP contribution in [0.1, 0.15) is 30.7 Å². The number of anilines is 2. The molecule has 3 aromatic heterocycles. The van der Waals surface area contributed by atoms with Crippen molar-refractivity contribution < 1.29 is 4.74 Å². The highest BCUT2D eigenvalue weighted by molar-refractivity contribution is 5.83. The van der Waals surface area contributed by atoms with Gasteiger partial charge in [0.2, 0.25) is 0 Å². The molecule has 2 aliphatic rings. The lowest BCUT2D eigenvalue weighted by Gasteiger charge is -2.29. The summed E-state index contributed by atoms with van der Waals surface area (Å²) in [5, 5.41) is 5.88. The van der Waals surface area contributed by atoms with Gasteiger partial charge in [0.15, 0.2) is 11.5 Å². The van der Waals surface area contributed by atoms with Crippen LogP contribution in [0.15, 0.2) is 48.7 Å². The molecule has 0 saturated carbocycles. The molecule has 33 heavy (non-hydrogen) atoms. The van der Waals surface area contributed by atoms with E-state index < -0.39 is 0 Å². The summed E-state index contributed by atoms with van der Waals surface area (Å²) in [6.45, 7) is 5.30. The van der Waals surface area contributed by atoms with Crippen molar-refractivity contribution in [2.75, 3.05) is 49.2 Å². The molecule has 0 bridgehead atoms. The molecule has 1 aromatic carbocycles. The molecule has 5 heterocycles. The number of rotatable bonds is 4. The van der Waals surface area contributed by atoms with Gasteiger partial charge in [-0.15, -0.1) is 0 Å². The Kier molecular flexibility index (Phi) is 5.40. The number of ether oxygens (including phenoxy) is 1. The van der Waals surface area contributed by atoms with Crippen LogP contribution in [0, 0.1) is 0 Å². The molecule has 2 fully saturated rings. The molecule has 0 N–H and O–H groups in total. The maximum atomic E-state index is 5.56. The van der Waals surface area contributed by atoms with Gasteiger partial charge in [0.05, 0.1) is 36.3 Å². The van der Waals surface area contributed by atoms with Crippen molar-refractivity contribution in [3.05, 3.63) is 60.0 Å². The first-order chi connectivity index (χ1) is 16.4. The van der Waals surface area contributed by atoms with E-state index in [0.29, 0.717) is 0 Å². The molecular weight excluding hydrogens is 412 g/mol. The lowest BCUT2D eigenvalue weighted by atomic mass is 10.1. The number of hydrogen-bond acceptors (Lipinski definition) is 6. The van der Waals surface area contributed by atoms with E-state index >= 15 is 0 Å². The number of nitrogens with zero attached hydrogens (tertiary/aromatic N) is 6. The Morgan fingerprint density at radius 3 is 2.52 bits per heavy atom. The van der Waals surface area contributed by atoms with E-state index in [1.165, 1.54) is 19.3 Å². The third kappa shape index (κ3) is 3.93. The molecule has 2 aliphatic heterocycles. The first-order valence-corrected chi connectivity index (χ1v) is 11.9. The molecule has 7 nitrogen and oxygen atoms in total. The monoisotopic (exact) mass is 440 g/mol. The van der Waals surface area contributed by atoms with E-state index in [1.54, 1.807) is 0 Å². The Balaban J connectivity index is 1.44. The Morgan fingerprint density at radius 1 is 0.788 bits per heavy atom. The number of morpholine rings is 1. The highest BCUT2D eigenvalue weighted by Crippen LogP contribution is 2.31. The van der Waals surface area contributed by atoms with E-state index in [1.807, 2.05) is 22.8 Å². The zero-order valence-corrected chi connectivity index (χ0v) is 18.7. The largest absolute Gasteiger partial charge is 0.378 e. The fraction of sp³-hybridized carbons (Fsp3) is 0.346. The van der Waals surface area contributed by atoms with Crippen molar-refractivity contribution in [2.45, 2.75) is 19.3 Å². The average molecular weight is 441 g/mol. The van der Waals surface area contributed by atoms with Gasteiger partial charge in [-0.1, -0.05) is 24.3 Å². The summed E-state index contributed by atoms with van der Waals surface area (Å²) in [5.74, 6) is 1.08. The number of aromatic nitrogens is 4. The van der Waals surface area contributed by atoms with E-state index in [4.69, 9.17) is 19.8 Å². The minimum Gasteiger partial charge on any atom is -0.378 e. The highest BCUT2D eigenvalue weighted by atomic mass is 16.5. The number of fused-ring (bicyclic) bond motifs is 2. The predicted octanol–water partition coefficient (Wildman–Crippen LogP) is 4.27. The summed E-state index contributed by atoms with van der Waals surface area (Å²) in [7, 11) is 0. The molecule has 0 amide bonds. The quantitative estimate of drug-likeness (QED) is 0.472. The number of benzene rings is 1. The fourth-order valence-electron chi connectivity index (χ4n) is 4.84. The van der Waals surface area contributed by atoms with Crippen molar-refractivity contribution in [3.8, 4) is 0 Å². The summed E-state index contributed by atoms with van der Waals surface area (Å²) >= 11 is 0. The predicted molar refractivity (Wildman–Crippen MR) is 133 cm³/mol. The molecule has 2 saturated heterocycles. The molecule has 0 radical (unpaired) electrons. The zero-order valence-electron chi connectivity index (χ0n) is 18.7. The summed E-state index contributed by atoms with van der Waals surface area (Å²) in [6, 6.07) is 14.5. The maximum absolute atomic E-state index is 5.56. The SMILES string of the molecule is C(=Cc1nc2c(N3CCOCC3)ccnn2c1N1CCCCC1)c1ccc2ccccc2n1. The van der Waals surface area contributed by atoms with Gasteiger partial charge in [0.25, 0.3) is 0 Å². The van der Waals surface area contributed by atoms with Gasteiger partial charge in [-0.05, 0) is 49.6 Å². The maximum Gasteiger partial charge on any atom is 0.180 e. The van der Waals surface area contributed by atoms with E-state index in [0.717, 1.165) is 78.8 Å². The van der Waals surface area contributed by atoms with Crippen LogP contribution < -0.4 is 9.80 Å². The topological polar surface area (TPSA) is 58.8 Å². The summed E-state index contributed by atoms with van der Waals surface area (Å²) in [6.07, 6.45) is 9.74. The second-order valence-electron chi connectivity index (χ2n) is 8.68. The van der Waals surface area contributed by atoms with Crippen LogP contribution in [-0.2, 0) is 4.74 Å². The highest BCUT2D eigenvalue weighted by Gasteiger charge is 2.23. The number of imidazole rings is 1. The van der Waals surface area contributed by atoms with Crippen LogP contribution in [-0.4, -0.2) is 59.0 Å². The molecule has 0 aliphatic carbocycles. The number of pyridine rings is 1. The zero-order chi connectivity index (χ0) is 22.0. The van der Waals surface area contributed by atoms with Gasteiger partial charge >= 0.3 is 0 Å². The molecule has 168 valence electrons. The fourth-order valence-corrected chi connectivity index (χ4v) is 4.84. The minimum atomic E-state index is 0.745. The summed E-state index contributed by atoms with van der Waals surface area (Å²) in [4.78, 5) is 14.7. The van der Waals surface area contributed by atoms with E-state index in [-0.39, 0.29) is 0 Å². The molecule has 0 spiro atoms. The molecule has 0 atom stereocenters. The van der Waals surface area contributed by atoms with Gasteiger partial charge < -0.3 is 14.5 Å². The number of hydrogen-bond donors (Lipinski definition) is 0. The van der Waals surface area contributed by atoms with E-state index in [2.05, 4.69) is 52.3 Å². The molecule has 6 rings (SSSR count). The molecule has 4 aromatic rings. The molecular formula is C26H28N6O. The lowest BCUT2D eigenvalue weighted by Crippen LogP contribution is -2.36. The van der Waals surface area contributed by atoms with Crippen LogP contribution in [0.3, 0.4) is 0 Å². The number of para-hydroxylation sites is 1. The van der Waals surface area contributed by atoms with Crippen LogP contribution >= 0.6 is 0 Å². The van der Waals surface area contributed by atoms with Gasteiger partial charge in [-0.3, -0.25) is 0 Å². The van der Waals surface area contributed by atoms with Gasteiger partial charge in [0.1, 0.15) is 5.69 Å². The standard InChI is InChI=1S/C26H28N6O/c1-4-14-31(15-5-1)26-23(11-10-21-9-8-20-6-2-3-7-22(20)28-21)29-25-24(12-13-27-32(25)26)30-16-18-33-19-17-30/h2-3,6-13H,1,4-5,14-19H2. The van der Waals surface area contributed by atoms with Crippen molar-refractivity contribution in [1.29, 1.82) is 0 Å². The molecule has 7 heteroatoms. The smallest absolute Gasteiger partial charge is 0.180 e. The first kappa shape index (κ1) is 20.2. The Morgan fingerprint density at radius 2 is 1.64 bits per heavy atom.